The molecule has 0 aromatic carbocycles. The summed E-state index contributed by atoms with van der Waals surface area (Å²) >= 11 is 0. The van der Waals surface area contributed by atoms with Crippen molar-refractivity contribution in [3.63, 3.8) is 0 Å². The lowest BCUT2D eigenvalue weighted by Crippen LogP contribution is -2.29. The molecule has 1 heterocycles. The van der Waals surface area contributed by atoms with Crippen molar-refractivity contribution in [2.24, 2.45) is 11.8 Å². The third-order valence-electron chi connectivity index (χ3n) is 3.99. The molecule has 0 spiro atoms. The molecule has 0 amide bonds. The number of aliphatic carboxylic acids is 1. The smallest absolute Gasteiger partial charge is 0.306 e. The van der Waals surface area contributed by atoms with Crippen molar-refractivity contribution in [3.05, 3.63) is 18.2 Å². The van der Waals surface area contributed by atoms with Crippen LogP contribution in [0.1, 0.15) is 44.8 Å². The van der Waals surface area contributed by atoms with E-state index in [9.17, 15) is 4.79 Å². The molecule has 5 nitrogen and oxygen atoms in total. The van der Waals surface area contributed by atoms with E-state index in [4.69, 9.17) is 5.11 Å². The number of hydrogen-bond acceptors (Lipinski definition) is 3. The number of imidazole rings is 1. The molecule has 1 aliphatic carbocycles. The van der Waals surface area contributed by atoms with Crippen LogP contribution in [0.15, 0.2) is 12.5 Å². The monoisotopic (exact) mass is 265 g/mol. The van der Waals surface area contributed by atoms with Crippen LogP contribution in [-0.2, 0) is 11.3 Å². The lowest BCUT2D eigenvalue weighted by atomic mass is 9.96. The van der Waals surface area contributed by atoms with Gasteiger partial charge >= 0.3 is 5.97 Å². The highest BCUT2D eigenvalue weighted by Gasteiger charge is 2.32. The zero-order chi connectivity index (χ0) is 13.8. The van der Waals surface area contributed by atoms with Crippen LogP contribution < -0.4 is 5.32 Å². The molecule has 19 heavy (non-hydrogen) atoms. The van der Waals surface area contributed by atoms with Gasteiger partial charge in [0.25, 0.3) is 0 Å². The quantitative estimate of drug-likeness (QED) is 0.826. The van der Waals surface area contributed by atoms with Gasteiger partial charge in [-0.2, -0.15) is 0 Å². The maximum atomic E-state index is 11.1. The SMILES string of the molecule is CC(C)n1cncc1CNCC1CCCC1C(=O)O. The minimum absolute atomic E-state index is 0.164. The standard InChI is InChI=1S/C14H23N3O2/c1-10(2)17-9-16-8-12(17)7-15-6-11-4-3-5-13(11)14(18)19/h8-11,13,15H,3-7H2,1-2H3,(H,18,19). The van der Waals surface area contributed by atoms with Crippen molar-refractivity contribution < 1.29 is 9.90 Å². The second-order valence-electron chi connectivity index (χ2n) is 5.65. The van der Waals surface area contributed by atoms with Gasteiger partial charge in [-0.1, -0.05) is 6.42 Å². The minimum Gasteiger partial charge on any atom is -0.481 e. The number of rotatable bonds is 6. The third kappa shape index (κ3) is 3.35. The molecule has 1 aromatic heterocycles. The number of nitrogens with zero attached hydrogens (tertiary/aromatic N) is 2. The summed E-state index contributed by atoms with van der Waals surface area (Å²) in [7, 11) is 0. The number of nitrogens with one attached hydrogen (secondary N) is 1. The van der Waals surface area contributed by atoms with Crippen molar-refractivity contribution in [3.8, 4) is 0 Å². The molecule has 1 saturated carbocycles. The summed E-state index contributed by atoms with van der Waals surface area (Å²) in [4.78, 5) is 15.3. The molecular weight excluding hydrogens is 242 g/mol. The third-order valence-corrected chi connectivity index (χ3v) is 3.99. The van der Waals surface area contributed by atoms with Crippen molar-refractivity contribution in [1.82, 2.24) is 14.9 Å². The molecule has 0 saturated heterocycles. The molecule has 0 radical (unpaired) electrons. The molecule has 106 valence electrons. The summed E-state index contributed by atoms with van der Waals surface area (Å²) in [6.07, 6.45) is 6.60. The van der Waals surface area contributed by atoms with Crippen molar-refractivity contribution >= 4 is 5.97 Å². The van der Waals surface area contributed by atoms with Gasteiger partial charge in [0.1, 0.15) is 0 Å². The Balaban J connectivity index is 1.83. The first-order valence-electron chi connectivity index (χ1n) is 7.03. The van der Waals surface area contributed by atoms with Gasteiger partial charge < -0.3 is 15.0 Å². The Morgan fingerprint density at radius 1 is 1.58 bits per heavy atom. The summed E-state index contributed by atoms with van der Waals surface area (Å²) in [6, 6.07) is 0.401. The van der Waals surface area contributed by atoms with Crippen LogP contribution in [0.3, 0.4) is 0 Å². The van der Waals surface area contributed by atoms with Gasteiger partial charge in [-0.3, -0.25) is 4.79 Å². The van der Waals surface area contributed by atoms with E-state index in [1.165, 1.54) is 0 Å². The van der Waals surface area contributed by atoms with E-state index in [2.05, 4.69) is 28.7 Å². The molecule has 0 aliphatic heterocycles. The van der Waals surface area contributed by atoms with Gasteiger partial charge in [0.15, 0.2) is 0 Å². The van der Waals surface area contributed by atoms with Gasteiger partial charge in [-0.15, -0.1) is 0 Å². The molecular formula is C14H23N3O2. The molecule has 1 aliphatic rings. The van der Waals surface area contributed by atoms with E-state index < -0.39 is 5.97 Å². The fourth-order valence-electron chi connectivity index (χ4n) is 2.93. The fourth-order valence-corrected chi connectivity index (χ4v) is 2.93. The predicted octanol–water partition coefficient (Wildman–Crippen LogP) is 2.05. The Morgan fingerprint density at radius 3 is 3.05 bits per heavy atom. The van der Waals surface area contributed by atoms with Gasteiger partial charge in [0.05, 0.1) is 17.9 Å². The normalized spacial score (nSPS) is 23.1. The first kappa shape index (κ1) is 14.1. The number of carbonyl (C=O) groups is 1. The molecule has 2 unspecified atom stereocenters. The number of hydrogen-bond donors (Lipinski definition) is 2. The van der Waals surface area contributed by atoms with Gasteiger partial charge in [0, 0.05) is 18.8 Å². The maximum Gasteiger partial charge on any atom is 0.306 e. The molecule has 0 bridgehead atoms. The summed E-state index contributed by atoms with van der Waals surface area (Å²) in [5, 5.41) is 12.5. The number of carboxylic acid groups (broad SMARTS) is 1. The minimum atomic E-state index is -0.642. The average Bonchev–Trinajstić information content (AvgIpc) is 2.96. The van der Waals surface area contributed by atoms with Gasteiger partial charge in [-0.05, 0) is 39.2 Å². The molecule has 5 heteroatoms. The van der Waals surface area contributed by atoms with E-state index in [1.807, 2.05) is 12.5 Å². The number of carboxylic acids is 1. The highest BCUT2D eigenvalue weighted by atomic mass is 16.4. The van der Waals surface area contributed by atoms with Gasteiger partial charge in [-0.25, -0.2) is 4.98 Å². The Labute approximate surface area is 114 Å². The summed E-state index contributed by atoms with van der Waals surface area (Å²) in [5.74, 6) is -0.535. The average molecular weight is 265 g/mol. The van der Waals surface area contributed by atoms with Crippen LogP contribution in [0.2, 0.25) is 0 Å². The Bertz CT molecular complexity index is 428. The fraction of sp³-hybridized carbons (Fsp3) is 0.714. The first-order valence-corrected chi connectivity index (χ1v) is 7.03. The number of aromatic nitrogens is 2. The molecule has 1 fully saturated rings. The second kappa shape index (κ2) is 6.19. The van der Waals surface area contributed by atoms with E-state index in [-0.39, 0.29) is 11.8 Å². The predicted molar refractivity (Wildman–Crippen MR) is 72.8 cm³/mol. The highest BCUT2D eigenvalue weighted by Crippen LogP contribution is 2.31. The zero-order valence-corrected chi connectivity index (χ0v) is 11.7. The van der Waals surface area contributed by atoms with Crippen molar-refractivity contribution in [1.29, 1.82) is 0 Å². The second-order valence-corrected chi connectivity index (χ2v) is 5.65. The van der Waals surface area contributed by atoms with Crippen LogP contribution in [0.4, 0.5) is 0 Å². The van der Waals surface area contributed by atoms with E-state index >= 15 is 0 Å². The zero-order valence-electron chi connectivity index (χ0n) is 11.7. The van der Waals surface area contributed by atoms with Crippen molar-refractivity contribution in [2.75, 3.05) is 6.54 Å². The summed E-state index contributed by atoms with van der Waals surface area (Å²) < 4.78 is 2.14. The van der Waals surface area contributed by atoms with Crippen LogP contribution in [0.25, 0.3) is 0 Å². The Hall–Kier alpha value is -1.36. The van der Waals surface area contributed by atoms with Crippen LogP contribution in [-0.4, -0.2) is 27.2 Å². The lowest BCUT2D eigenvalue weighted by Gasteiger charge is -2.17. The van der Waals surface area contributed by atoms with E-state index in [1.54, 1.807) is 0 Å². The first-order chi connectivity index (χ1) is 9.09. The van der Waals surface area contributed by atoms with Crippen LogP contribution >= 0.6 is 0 Å². The summed E-state index contributed by atoms with van der Waals surface area (Å²) in [5.41, 5.74) is 1.15. The lowest BCUT2D eigenvalue weighted by molar-refractivity contribution is -0.142. The van der Waals surface area contributed by atoms with Crippen LogP contribution in [0.5, 0.6) is 0 Å². The Kier molecular flexibility index (Phi) is 4.58. The summed E-state index contributed by atoms with van der Waals surface area (Å²) in [6.45, 7) is 5.78. The molecule has 1 aromatic rings. The largest absolute Gasteiger partial charge is 0.481 e. The molecule has 2 rings (SSSR count). The highest BCUT2D eigenvalue weighted by molar-refractivity contribution is 5.70. The topological polar surface area (TPSA) is 67.2 Å². The molecule has 2 N–H and O–H groups in total. The maximum absolute atomic E-state index is 11.1. The van der Waals surface area contributed by atoms with Crippen LogP contribution in [0, 0.1) is 11.8 Å². The van der Waals surface area contributed by atoms with Gasteiger partial charge in [0.2, 0.25) is 0 Å². The van der Waals surface area contributed by atoms with E-state index in [0.29, 0.717) is 6.04 Å². The Morgan fingerprint density at radius 2 is 2.37 bits per heavy atom. The van der Waals surface area contributed by atoms with Crippen molar-refractivity contribution in [2.45, 2.75) is 45.7 Å². The molecule has 2 atom stereocenters. The van der Waals surface area contributed by atoms with E-state index in [0.717, 1.165) is 38.0 Å².